The molecule has 2 aliphatic heterocycles. The number of hydrogen-bond donors (Lipinski definition) is 1. The molecule has 0 spiro atoms. The summed E-state index contributed by atoms with van der Waals surface area (Å²) in [6.07, 6.45) is 7.48. The summed E-state index contributed by atoms with van der Waals surface area (Å²) in [6.45, 7) is 9.67. The minimum Gasteiger partial charge on any atom is -0.372 e. The van der Waals surface area contributed by atoms with Crippen molar-refractivity contribution in [3.63, 3.8) is 0 Å². The number of ether oxygens (including phenoxy) is 1. The first-order chi connectivity index (χ1) is 7.36. The second kappa shape index (κ2) is 4.77. The molecule has 2 rings (SSSR count). The van der Waals surface area contributed by atoms with Gasteiger partial charge in [-0.05, 0) is 37.0 Å². The number of rotatable bonds is 3. The molecule has 0 bridgehead atoms. The number of nitrogens with one attached hydrogen (secondary N) is 1. The predicted octanol–water partition coefficient (Wildman–Crippen LogP) is 2.20. The summed E-state index contributed by atoms with van der Waals surface area (Å²) in [5, 5.41) is 3.49. The van der Waals surface area contributed by atoms with Crippen molar-refractivity contribution in [3.8, 4) is 0 Å². The molecule has 0 aromatic heterocycles. The third-order valence-electron chi connectivity index (χ3n) is 3.28. The molecule has 1 saturated heterocycles. The van der Waals surface area contributed by atoms with Gasteiger partial charge in [-0.2, -0.15) is 0 Å². The highest BCUT2D eigenvalue weighted by Gasteiger charge is 2.30. The first-order valence-corrected chi connectivity index (χ1v) is 5.69. The Bertz CT molecular complexity index is 287. The van der Waals surface area contributed by atoms with E-state index < -0.39 is 0 Å². The third kappa shape index (κ3) is 2.06. The molecule has 1 N–H and O–H groups in total. The molecular weight excluding hydrogens is 186 g/mol. The summed E-state index contributed by atoms with van der Waals surface area (Å²) in [6, 6.07) is 0.466. The zero-order valence-corrected chi connectivity index (χ0v) is 9.17. The molecule has 2 atom stereocenters. The molecule has 0 saturated carbocycles. The molecule has 2 unspecified atom stereocenters. The second-order valence-corrected chi connectivity index (χ2v) is 4.13. The van der Waals surface area contributed by atoms with Gasteiger partial charge in [-0.25, -0.2) is 0 Å². The van der Waals surface area contributed by atoms with E-state index in [1.165, 1.54) is 24.0 Å². The molecular formula is C13H19NO. The van der Waals surface area contributed by atoms with Crippen LogP contribution in [0.1, 0.15) is 19.3 Å². The lowest BCUT2D eigenvalue weighted by Gasteiger charge is -2.30. The van der Waals surface area contributed by atoms with Crippen LogP contribution in [-0.2, 0) is 4.74 Å². The normalized spacial score (nSPS) is 31.7. The Morgan fingerprint density at radius 1 is 1.33 bits per heavy atom. The van der Waals surface area contributed by atoms with E-state index in [1.807, 2.05) is 12.2 Å². The van der Waals surface area contributed by atoms with Crippen LogP contribution < -0.4 is 5.32 Å². The standard InChI is InChI=1S/C13H19NO/c1-3-10-7-9-15-13(11(10)4-2)12-6-5-8-14-12/h3-4,12-14H,1-2,5-9H2. The van der Waals surface area contributed by atoms with Gasteiger partial charge in [0.2, 0.25) is 0 Å². The van der Waals surface area contributed by atoms with E-state index in [0.717, 1.165) is 19.6 Å². The van der Waals surface area contributed by atoms with Gasteiger partial charge in [0.15, 0.2) is 0 Å². The van der Waals surface area contributed by atoms with Crippen LogP contribution in [0.4, 0.5) is 0 Å². The van der Waals surface area contributed by atoms with E-state index in [-0.39, 0.29) is 6.10 Å². The summed E-state index contributed by atoms with van der Waals surface area (Å²) in [5.41, 5.74) is 2.53. The molecule has 0 aromatic carbocycles. The van der Waals surface area contributed by atoms with E-state index in [2.05, 4.69) is 18.5 Å². The van der Waals surface area contributed by atoms with E-state index in [4.69, 9.17) is 4.74 Å². The van der Waals surface area contributed by atoms with Crippen molar-refractivity contribution in [2.75, 3.05) is 13.2 Å². The summed E-state index contributed by atoms with van der Waals surface area (Å²) in [4.78, 5) is 0. The summed E-state index contributed by atoms with van der Waals surface area (Å²) >= 11 is 0. The lowest BCUT2D eigenvalue weighted by molar-refractivity contribution is 0.0493. The fraction of sp³-hybridized carbons (Fsp3) is 0.538. The van der Waals surface area contributed by atoms with Crippen molar-refractivity contribution in [1.29, 1.82) is 0 Å². The Kier molecular flexibility index (Phi) is 3.39. The van der Waals surface area contributed by atoms with Crippen molar-refractivity contribution in [3.05, 3.63) is 36.5 Å². The molecule has 0 aliphatic carbocycles. The summed E-state index contributed by atoms with van der Waals surface area (Å²) in [7, 11) is 0. The summed E-state index contributed by atoms with van der Waals surface area (Å²) in [5.74, 6) is 0. The molecule has 2 aliphatic rings. The minimum absolute atomic E-state index is 0.187. The highest BCUT2D eigenvalue weighted by Crippen LogP contribution is 2.28. The lowest BCUT2D eigenvalue weighted by atomic mass is 9.92. The van der Waals surface area contributed by atoms with Gasteiger partial charge >= 0.3 is 0 Å². The van der Waals surface area contributed by atoms with Crippen LogP contribution in [0.15, 0.2) is 36.5 Å². The van der Waals surface area contributed by atoms with Gasteiger partial charge in [-0.1, -0.05) is 25.3 Å². The van der Waals surface area contributed by atoms with E-state index >= 15 is 0 Å². The fourth-order valence-electron chi connectivity index (χ4n) is 2.48. The molecule has 2 heteroatoms. The van der Waals surface area contributed by atoms with Crippen LogP contribution >= 0.6 is 0 Å². The van der Waals surface area contributed by atoms with Crippen molar-refractivity contribution in [1.82, 2.24) is 5.32 Å². The maximum atomic E-state index is 5.86. The van der Waals surface area contributed by atoms with E-state index in [0.29, 0.717) is 6.04 Å². The van der Waals surface area contributed by atoms with Crippen LogP contribution in [0, 0.1) is 0 Å². The molecule has 0 aromatic rings. The van der Waals surface area contributed by atoms with Crippen LogP contribution in [0.2, 0.25) is 0 Å². The smallest absolute Gasteiger partial charge is 0.0980 e. The average molecular weight is 205 g/mol. The Morgan fingerprint density at radius 3 is 2.80 bits per heavy atom. The monoisotopic (exact) mass is 205 g/mol. The average Bonchev–Trinajstić information content (AvgIpc) is 2.81. The Labute approximate surface area is 91.7 Å². The van der Waals surface area contributed by atoms with Gasteiger partial charge in [0, 0.05) is 6.04 Å². The zero-order valence-electron chi connectivity index (χ0n) is 9.17. The van der Waals surface area contributed by atoms with Crippen molar-refractivity contribution in [2.24, 2.45) is 0 Å². The van der Waals surface area contributed by atoms with Crippen LogP contribution in [-0.4, -0.2) is 25.3 Å². The molecule has 1 fully saturated rings. The SMILES string of the molecule is C=CC1=C(C=C)C(C2CCCN2)OCC1. The van der Waals surface area contributed by atoms with Crippen LogP contribution in [0.3, 0.4) is 0 Å². The first kappa shape index (κ1) is 10.7. The molecule has 2 nitrogen and oxygen atoms in total. The quantitative estimate of drug-likeness (QED) is 0.762. The Morgan fingerprint density at radius 2 is 2.20 bits per heavy atom. The molecule has 15 heavy (non-hydrogen) atoms. The molecule has 82 valence electrons. The summed E-state index contributed by atoms with van der Waals surface area (Å²) < 4.78 is 5.86. The highest BCUT2D eigenvalue weighted by molar-refractivity contribution is 5.37. The maximum absolute atomic E-state index is 5.86. The minimum atomic E-state index is 0.187. The second-order valence-electron chi connectivity index (χ2n) is 4.13. The molecule has 0 amide bonds. The van der Waals surface area contributed by atoms with Gasteiger partial charge in [-0.3, -0.25) is 0 Å². The number of allylic oxidation sites excluding steroid dienone is 1. The third-order valence-corrected chi connectivity index (χ3v) is 3.28. The lowest BCUT2D eigenvalue weighted by Crippen LogP contribution is -2.40. The van der Waals surface area contributed by atoms with Crippen LogP contribution in [0.5, 0.6) is 0 Å². The number of hydrogen-bond acceptors (Lipinski definition) is 2. The Balaban J connectivity index is 2.22. The zero-order chi connectivity index (χ0) is 10.7. The Hall–Kier alpha value is -0.860. The van der Waals surface area contributed by atoms with Gasteiger partial charge in [0.1, 0.15) is 0 Å². The topological polar surface area (TPSA) is 21.3 Å². The largest absolute Gasteiger partial charge is 0.372 e. The van der Waals surface area contributed by atoms with E-state index in [9.17, 15) is 0 Å². The van der Waals surface area contributed by atoms with E-state index in [1.54, 1.807) is 0 Å². The van der Waals surface area contributed by atoms with Gasteiger partial charge in [0.05, 0.1) is 12.7 Å². The van der Waals surface area contributed by atoms with Gasteiger partial charge < -0.3 is 10.1 Å². The first-order valence-electron chi connectivity index (χ1n) is 5.69. The van der Waals surface area contributed by atoms with Crippen LogP contribution in [0.25, 0.3) is 0 Å². The van der Waals surface area contributed by atoms with Gasteiger partial charge in [-0.15, -0.1) is 0 Å². The van der Waals surface area contributed by atoms with Crippen molar-refractivity contribution < 1.29 is 4.74 Å². The predicted molar refractivity (Wildman–Crippen MR) is 62.8 cm³/mol. The van der Waals surface area contributed by atoms with Gasteiger partial charge in [0.25, 0.3) is 0 Å². The van der Waals surface area contributed by atoms with Crippen molar-refractivity contribution >= 4 is 0 Å². The highest BCUT2D eigenvalue weighted by atomic mass is 16.5. The molecule has 0 radical (unpaired) electrons. The molecule has 2 heterocycles. The maximum Gasteiger partial charge on any atom is 0.0980 e. The fourth-order valence-corrected chi connectivity index (χ4v) is 2.48. The van der Waals surface area contributed by atoms with Crippen molar-refractivity contribution in [2.45, 2.75) is 31.4 Å².